The van der Waals surface area contributed by atoms with E-state index in [4.69, 9.17) is 4.74 Å². The van der Waals surface area contributed by atoms with Crippen molar-refractivity contribution in [1.82, 2.24) is 0 Å². The summed E-state index contributed by atoms with van der Waals surface area (Å²) in [6.45, 7) is 7.08. The van der Waals surface area contributed by atoms with Gasteiger partial charge < -0.3 is 4.74 Å². The molecule has 0 heterocycles. The number of esters is 1. The summed E-state index contributed by atoms with van der Waals surface area (Å²) in [5.74, 6) is -0.356. The lowest BCUT2D eigenvalue weighted by molar-refractivity contribution is -0.143. The second-order valence-corrected chi connectivity index (χ2v) is 5.40. The largest absolute Gasteiger partial charge is 0.459 e. The number of hydrogen-bond acceptors (Lipinski definition) is 4. The van der Waals surface area contributed by atoms with Gasteiger partial charge in [-0.2, -0.15) is 10.2 Å². The van der Waals surface area contributed by atoms with Crippen LogP contribution in [0.1, 0.15) is 19.4 Å². The second kappa shape index (κ2) is 8.03. The zero-order valence-electron chi connectivity index (χ0n) is 13.4. The van der Waals surface area contributed by atoms with E-state index in [1.165, 1.54) is 0 Å². The minimum Gasteiger partial charge on any atom is -0.459 e. The highest BCUT2D eigenvalue weighted by Gasteiger charge is 2.10. The van der Waals surface area contributed by atoms with Crippen molar-refractivity contribution >= 4 is 17.3 Å². The highest BCUT2D eigenvalue weighted by atomic mass is 16.5. The molecule has 0 aliphatic carbocycles. The lowest BCUT2D eigenvalue weighted by Crippen LogP contribution is -2.17. The minimum absolute atomic E-state index is 0.198. The number of azo groups is 1. The molecule has 1 atom stereocenters. The van der Waals surface area contributed by atoms with Crippen molar-refractivity contribution in [3.8, 4) is 0 Å². The first-order chi connectivity index (χ1) is 11.0. The molecular weight excluding hydrogens is 288 g/mol. The molecule has 0 bridgehead atoms. The maximum atomic E-state index is 11.5. The Labute approximate surface area is 136 Å². The summed E-state index contributed by atoms with van der Waals surface area (Å²) >= 11 is 0. The number of nitrogens with zero attached hydrogens (tertiary/aromatic N) is 2. The monoisotopic (exact) mass is 308 g/mol. The SMILES string of the molecule is C=C(C)C(=O)OC(C)Cc1ccc(/N=N/c2ccccc2)cc1. The molecule has 0 N–H and O–H groups in total. The topological polar surface area (TPSA) is 51.0 Å². The summed E-state index contributed by atoms with van der Waals surface area (Å²) in [6.07, 6.45) is 0.450. The van der Waals surface area contributed by atoms with E-state index in [0.29, 0.717) is 12.0 Å². The molecule has 4 heteroatoms. The predicted octanol–water partition coefficient (Wildman–Crippen LogP) is 5.15. The van der Waals surface area contributed by atoms with Gasteiger partial charge in [-0.3, -0.25) is 0 Å². The summed E-state index contributed by atoms with van der Waals surface area (Å²) in [6, 6.07) is 17.3. The van der Waals surface area contributed by atoms with Crippen LogP contribution >= 0.6 is 0 Å². The van der Waals surface area contributed by atoms with Gasteiger partial charge in [-0.05, 0) is 43.7 Å². The number of hydrogen-bond donors (Lipinski definition) is 0. The van der Waals surface area contributed by atoms with Crippen molar-refractivity contribution in [3.63, 3.8) is 0 Å². The van der Waals surface area contributed by atoms with Crippen LogP contribution in [0.3, 0.4) is 0 Å². The number of benzene rings is 2. The van der Waals surface area contributed by atoms with Crippen molar-refractivity contribution in [2.24, 2.45) is 10.2 Å². The highest BCUT2D eigenvalue weighted by molar-refractivity contribution is 5.87. The van der Waals surface area contributed by atoms with E-state index in [9.17, 15) is 4.79 Å². The molecule has 0 aliphatic rings. The smallest absolute Gasteiger partial charge is 0.333 e. The van der Waals surface area contributed by atoms with Crippen molar-refractivity contribution in [2.75, 3.05) is 0 Å². The molecule has 2 rings (SSSR count). The number of rotatable bonds is 6. The van der Waals surface area contributed by atoms with Crippen LogP contribution in [-0.2, 0) is 16.0 Å². The van der Waals surface area contributed by atoms with Crippen molar-refractivity contribution < 1.29 is 9.53 Å². The maximum absolute atomic E-state index is 11.5. The van der Waals surface area contributed by atoms with Crippen LogP contribution in [0.25, 0.3) is 0 Å². The third-order valence-corrected chi connectivity index (χ3v) is 3.15. The number of carbonyl (C=O) groups is 1. The predicted molar refractivity (Wildman–Crippen MR) is 91.1 cm³/mol. The Morgan fingerprint density at radius 2 is 1.61 bits per heavy atom. The molecular formula is C19H20N2O2. The van der Waals surface area contributed by atoms with Gasteiger partial charge in [-0.1, -0.05) is 36.9 Å². The summed E-state index contributed by atoms with van der Waals surface area (Å²) in [5.41, 5.74) is 3.08. The molecule has 0 saturated heterocycles. The Morgan fingerprint density at radius 1 is 1.04 bits per heavy atom. The van der Waals surface area contributed by atoms with Gasteiger partial charge in [0.1, 0.15) is 6.10 Å². The third-order valence-electron chi connectivity index (χ3n) is 3.15. The van der Waals surface area contributed by atoms with Crippen LogP contribution in [0, 0.1) is 0 Å². The molecule has 0 radical (unpaired) electrons. The van der Waals surface area contributed by atoms with E-state index in [1.54, 1.807) is 6.92 Å². The Kier molecular flexibility index (Phi) is 5.80. The quantitative estimate of drug-likeness (QED) is 0.421. The molecule has 2 aromatic rings. The normalized spacial score (nSPS) is 12.1. The Hall–Kier alpha value is -2.75. The van der Waals surface area contributed by atoms with Gasteiger partial charge in [0, 0.05) is 12.0 Å². The van der Waals surface area contributed by atoms with E-state index in [-0.39, 0.29) is 12.1 Å². The van der Waals surface area contributed by atoms with Gasteiger partial charge in [0.15, 0.2) is 0 Å². The standard InChI is InChI=1S/C19H20N2O2/c1-14(2)19(22)23-15(3)13-16-9-11-18(12-10-16)21-20-17-7-5-4-6-8-17/h4-12,15H,1,13H2,2-3H3/b21-20+. The summed E-state index contributed by atoms with van der Waals surface area (Å²) in [5, 5.41) is 8.37. The molecule has 0 saturated carbocycles. The van der Waals surface area contributed by atoms with Crippen molar-refractivity contribution in [2.45, 2.75) is 26.4 Å². The molecule has 0 aromatic heterocycles. The molecule has 0 aliphatic heterocycles. The van der Waals surface area contributed by atoms with Crippen LogP contribution in [0.4, 0.5) is 11.4 Å². The van der Waals surface area contributed by atoms with Crippen LogP contribution in [0.15, 0.2) is 77.0 Å². The van der Waals surface area contributed by atoms with Gasteiger partial charge in [0.05, 0.1) is 11.4 Å². The lowest BCUT2D eigenvalue weighted by atomic mass is 10.1. The summed E-state index contributed by atoms with van der Waals surface area (Å²) < 4.78 is 5.27. The third kappa shape index (κ3) is 5.51. The second-order valence-electron chi connectivity index (χ2n) is 5.40. The van der Waals surface area contributed by atoms with Gasteiger partial charge in [-0.25, -0.2) is 4.79 Å². The molecule has 118 valence electrons. The first-order valence-electron chi connectivity index (χ1n) is 7.47. The van der Waals surface area contributed by atoms with Crippen molar-refractivity contribution in [3.05, 3.63) is 72.3 Å². The first kappa shape index (κ1) is 16.6. The first-order valence-corrected chi connectivity index (χ1v) is 7.47. The zero-order valence-corrected chi connectivity index (χ0v) is 13.4. The van der Waals surface area contributed by atoms with Crippen LogP contribution in [0.5, 0.6) is 0 Å². The van der Waals surface area contributed by atoms with E-state index >= 15 is 0 Å². The fraction of sp³-hybridized carbons (Fsp3) is 0.211. The number of carbonyl (C=O) groups excluding carboxylic acids is 1. The van der Waals surface area contributed by atoms with Crippen molar-refractivity contribution in [1.29, 1.82) is 0 Å². The van der Waals surface area contributed by atoms with Crippen LogP contribution in [-0.4, -0.2) is 12.1 Å². The molecule has 0 fully saturated rings. The van der Waals surface area contributed by atoms with E-state index in [0.717, 1.165) is 16.9 Å². The fourth-order valence-corrected chi connectivity index (χ4v) is 1.97. The average molecular weight is 308 g/mol. The molecule has 0 amide bonds. The lowest BCUT2D eigenvalue weighted by Gasteiger charge is -2.13. The molecule has 0 spiro atoms. The fourth-order valence-electron chi connectivity index (χ4n) is 1.97. The molecule has 1 unspecified atom stereocenters. The summed E-state index contributed by atoms with van der Waals surface area (Å²) in [7, 11) is 0. The van der Waals surface area contributed by atoms with E-state index in [2.05, 4.69) is 16.8 Å². The molecule has 2 aromatic carbocycles. The summed E-state index contributed by atoms with van der Waals surface area (Å²) in [4.78, 5) is 11.5. The van der Waals surface area contributed by atoms with Gasteiger partial charge >= 0.3 is 5.97 Å². The van der Waals surface area contributed by atoms with Gasteiger partial charge in [0.25, 0.3) is 0 Å². The van der Waals surface area contributed by atoms with Crippen LogP contribution in [0.2, 0.25) is 0 Å². The Morgan fingerprint density at radius 3 is 2.17 bits per heavy atom. The number of ether oxygens (including phenoxy) is 1. The highest BCUT2D eigenvalue weighted by Crippen LogP contribution is 2.19. The molecule has 4 nitrogen and oxygen atoms in total. The Bertz CT molecular complexity index is 691. The average Bonchev–Trinajstić information content (AvgIpc) is 2.55. The zero-order chi connectivity index (χ0) is 16.7. The van der Waals surface area contributed by atoms with Gasteiger partial charge in [-0.15, -0.1) is 0 Å². The maximum Gasteiger partial charge on any atom is 0.333 e. The van der Waals surface area contributed by atoms with E-state index < -0.39 is 0 Å². The van der Waals surface area contributed by atoms with Crippen LogP contribution < -0.4 is 0 Å². The van der Waals surface area contributed by atoms with Gasteiger partial charge in [0.2, 0.25) is 0 Å². The van der Waals surface area contributed by atoms with E-state index in [1.807, 2.05) is 61.5 Å². The Balaban J connectivity index is 1.93. The minimum atomic E-state index is -0.356. The molecule has 23 heavy (non-hydrogen) atoms.